The van der Waals surface area contributed by atoms with Gasteiger partial charge in [0.25, 0.3) is 5.91 Å². The predicted octanol–water partition coefficient (Wildman–Crippen LogP) is 3.60. The van der Waals surface area contributed by atoms with E-state index in [1.54, 1.807) is 25.3 Å². The second kappa shape index (κ2) is 9.69. The number of methoxy groups -OCH3 is 2. The number of nitrogens with one attached hydrogen (secondary N) is 1. The Balaban J connectivity index is 1.75. The summed E-state index contributed by atoms with van der Waals surface area (Å²) in [4.78, 5) is 12.3. The molecule has 1 amide bonds. The number of carbonyl (C=O) groups is 1. The summed E-state index contributed by atoms with van der Waals surface area (Å²) in [6.45, 7) is 3.14. The number of hydrogen-bond donors (Lipinski definition) is 1. The van der Waals surface area contributed by atoms with Gasteiger partial charge in [-0.25, -0.2) is 0 Å². The van der Waals surface area contributed by atoms with Crippen molar-refractivity contribution in [1.29, 1.82) is 0 Å². The molecule has 2 aromatic carbocycles. The number of hydrogen-bond acceptors (Lipinski definition) is 4. The Hall–Kier alpha value is -2.53. The molecule has 0 aliphatic carbocycles. The number of carbonyl (C=O) groups excluding carboxylic acids is 1. The molecular formula is C20H25NO4. The minimum Gasteiger partial charge on any atom is -0.497 e. The highest BCUT2D eigenvalue weighted by Gasteiger charge is 2.13. The lowest BCUT2D eigenvalue weighted by Crippen LogP contribution is -2.25. The van der Waals surface area contributed by atoms with Crippen LogP contribution in [-0.2, 0) is 4.74 Å². The van der Waals surface area contributed by atoms with E-state index in [4.69, 9.17) is 14.2 Å². The van der Waals surface area contributed by atoms with E-state index < -0.39 is 0 Å². The fraction of sp³-hybridized carbons (Fsp3) is 0.350. The third-order valence-corrected chi connectivity index (χ3v) is 3.90. The van der Waals surface area contributed by atoms with E-state index in [0.717, 1.165) is 12.0 Å². The molecule has 25 heavy (non-hydrogen) atoms. The highest BCUT2D eigenvalue weighted by atomic mass is 16.5. The number of rotatable bonds is 9. The van der Waals surface area contributed by atoms with Crippen molar-refractivity contribution >= 4 is 5.91 Å². The molecule has 0 saturated heterocycles. The van der Waals surface area contributed by atoms with Crippen LogP contribution in [0.3, 0.4) is 0 Å². The molecule has 0 radical (unpaired) electrons. The van der Waals surface area contributed by atoms with Crippen LogP contribution in [0.25, 0.3) is 0 Å². The van der Waals surface area contributed by atoms with Crippen molar-refractivity contribution in [3.63, 3.8) is 0 Å². The largest absolute Gasteiger partial charge is 0.497 e. The average Bonchev–Trinajstić information content (AvgIpc) is 2.67. The van der Waals surface area contributed by atoms with Gasteiger partial charge in [-0.3, -0.25) is 4.79 Å². The third kappa shape index (κ3) is 5.50. The minimum atomic E-state index is -0.171. The molecule has 1 N–H and O–H groups in total. The zero-order chi connectivity index (χ0) is 18.1. The van der Waals surface area contributed by atoms with Crippen LogP contribution in [0.15, 0.2) is 48.5 Å². The van der Waals surface area contributed by atoms with Crippen LogP contribution in [0.4, 0.5) is 0 Å². The van der Waals surface area contributed by atoms with Gasteiger partial charge in [0.15, 0.2) is 0 Å². The summed E-state index contributed by atoms with van der Waals surface area (Å²) in [5.74, 6) is 0.970. The molecule has 0 aromatic heterocycles. The Morgan fingerprint density at radius 2 is 1.84 bits per heavy atom. The van der Waals surface area contributed by atoms with Crippen molar-refractivity contribution in [3.05, 3.63) is 59.7 Å². The van der Waals surface area contributed by atoms with Crippen molar-refractivity contribution in [1.82, 2.24) is 5.32 Å². The molecule has 1 atom stereocenters. The van der Waals surface area contributed by atoms with Crippen molar-refractivity contribution in [2.45, 2.75) is 19.4 Å². The van der Waals surface area contributed by atoms with Crippen molar-refractivity contribution in [3.8, 4) is 11.5 Å². The van der Waals surface area contributed by atoms with Crippen LogP contribution in [0.2, 0.25) is 0 Å². The molecule has 0 spiro atoms. The topological polar surface area (TPSA) is 56.8 Å². The van der Waals surface area contributed by atoms with Gasteiger partial charge in [-0.15, -0.1) is 0 Å². The molecule has 0 heterocycles. The first kappa shape index (κ1) is 18.8. The molecule has 0 aliphatic heterocycles. The summed E-state index contributed by atoms with van der Waals surface area (Å²) in [7, 11) is 3.11. The monoisotopic (exact) mass is 343 g/mol. The van der Waals surface area contributed by atoms with E-state index in [9.17, 15) is 4.79 Å². The summed E-state index contributed by atoms with van der Waals surface area (Å²) in [5, 5.41) is 2.88. The van der Waals surface area contributed by atoms with Crippen LogP contribution in [0.1, 0.15) is 35.4 Å². The minimum absolute atomic E-state index is 0.0404. The van der Waals surface area contributed by atoms with Crippen LogP contribution in [0.5, 0.6) is 11.5 Å². The summed E-state index contributed by atoms with van der Waals surface area (Å²) in [6, 6.07) is 15.2. The molecule has 0 aliphatic rings. The van der Waals surface area contributed by atoms with Gasteiger partial charge in [-0.1, -0.05) is 30.3 Å². The van der Waals surface area contributed by atoms with Gasteiger partial charge in [0.05, 0.1) is 25.9 Å². The Labute approximate surface area is 148 Å². The Morgan fingerprint density at radius 3 is 2.52 bits per heavy atom. The lowest BCUT2D eigenvalue weighted by Gasteiger charge is -2.14. The van der Waals surface area contributed by atoms with Crippen LogP contribution in [-0.4, -0.2) is 33.3 Å². The first-order chi connectivity index (χ1) is 12.2. The molecular weight excluding hydrogens is 318 g/mol. The number of ether oxygens (including phenoxy) is 3. The van der Waals surface area contributed by atoms with E-state index in [2.05, 4.69) is 5.32 Å². The summed E-state index contributed by atoms with van der Waals surface area (Å²) in [5.41, 5.74) is 1.64. The van der Waals surface area contributed by atoms with Crippen molar-refractivity contribution in [2.24, 2.45) is 0 Å². The first-order valence-electron chi connectivity index (χ1n) is 8.32. The Morgan fingerprint density at radius 1 is 1.08 bits per heavy atom. The van der Waals surface area contributed by atoms with E-state index in [1.807, 2.05) is 37.3 Å². The standard InChI is InChI=1S/C20H25NO4/c1-15(16-8-5-4-6-9-16)25-13-7-12-21-20(22)18-11-10-17(23-2)14-19(18)24-3/h4-6,8-11,14-15H,7,12-13H2,1-3H3,(H,21,22)/t15-/m1/s1. The van der Waals surface area contributed by atoms with Gasteiger partial charge >= 0.3 is 0 Å². The summed E-state index contributed by atoms with van der Waals surface area (Å²) < 4.78 is 16.2. The van der Waals surface area contributed by atoms with E-state index in [-0.39, 0.29) is 12.0 Å². The second-order valence-corrected chi connectivity index (χ2v) is 5.60. The molecule has 0 bridgehead atoms. The average molecular weight is 343 g/mol. The maximum absolute atomic E-state index is 12.3. The predicted molar refractivity (Wildman–Crippen MR) is 97.3 cm³/mol. The second-order valence-electron chi connectivity index (χ2n) is 5.60. The van der Waals surface area contributed by atoms with Gasteiger partial charge in [-0.05, 0) is 31.0 Å². The fourth-order valence-corrected chi connectivity index (χ4v) is 2.44. The Kier molecular flexibility index (Phi) is 7.29. The zero-order valence-electron chi connectivity index (χ0n) is 15.0. The highest BCUT2D eigenvalue weighted by molar-refractivity contribution is 5.97. The SMILES string of the molecule is COc1ccc(C(=O)NCCCO[C@H](C)c2ccccc2)c(OC)c1. The number of benzene rings is 2. The van der Waals surface area contributed by atoms with Gasteiger partial charge in [-0.2, -0.15) is 0 Å². The van der Waals surface area contributed by atoms with Crippen LogP contribution < -0.4 is 14.8 Å². The van der Waals surface area contributed by atoms with Crippen molar-refractivity contribution < 1.29 is 19.0 Å². The lowest BCUT2D eigenvalue weighted by molar-refractivity contribution is 0.0635. The van der Waals surface area contributed by atoms with E-state index in [0.29, 0.717) is 30.2 Å². The molecule has 5 nitrogen and oxygen atoms in total. The molecule has 0 fully saturated rings. The summed E-state index contributed by atoms with van der Waals surface area (Å²) in [6.07, 6.45) is 0.778. The molecule has 134 valence electrons. The van der Waals surface area contributed by atoms with Crippen molar-refractivity contribution in [2.75, 3.05) is 27.4 Å². The van der Waals surface area contributed by atoms with E-state index in [1.165, 1.54) is 7.11 Å². The normalized spacial score (nSPS) is 11.6. The zero-order valence-corrected chi connectivity index (χ0v) is 15.0. The fourth-order valence-electron chi connectivity index (χ4n) is 2.44. The Bertz CT molecular complexity index is 673. The van der Waals surface area contributed by atoms with Crippen LogP contribution in [0, 0.1) is 0 Å². The van der Waals surface area contributed by atoms with Gasteiger partial charge in [0.2, 0.25) is 0 Å². The highest BCUT2D eigenvalue weighted by Crippen LogP contribution is 2.24. The quantitative estimate of drug-likeness (QED) is 0.707. The molecule has 2 aromatic rings. The van der Waals surface area contributed by atoms with Gasteiger partial charge in [0, 0.05) is 19.2 Å². The third-order valence-electron chi connectivity index (χ3n) is 3.90. The molecule has 5 heteroatoms. The molecule has 0 saturated carbocycles. The van der Waals surface area contributed by atoms with E-state index >= 15 is 0 Å². The lowest BCUT2D eigenvalue weighted by atomic mass is 10.1. The molecule has 2 rings (SSSR count). The maximum atomic E-state index is 12.3. The number of amides is 1. The van der Waals surface area contributed by atoms with Gasteiger partial charge < -0.3 is 19.5 Å². The van der Waals surface area contributed by atoms with Crippen LogP contribution >= 0.6 is 0 Å². The maximum Gasteiger partial charge on any atom is 0.255 e. The summed E-state index contributed by atoms with van der Waals surface area (Å²) >= 11 is 0. The smallest absolute Gasteiger partial charge is 0.255 e. The first-order valence-corrected chi connectivity index (χ1v) is 8.32. The molecule has 0 unspecified atom stereocenters. The van der Waals surface area contributed by atoms with Gasteiger partial charge in [0.1, 0.15) is 11.5 Å².